The molecular formula is C22H20F3N3O4. The number of alkyl halides is 3. The first-order valence-corrected chi connectivity index (χ1v) is 10.0. The molecule has 2 heterocycles. The molecule has 2 aromatic rings. The van der Waals surface area contributed by atoms with E-state index in [0.29, 0.717) is 13.0 Å². The van der Waals surface area contributed by atoms with Crippen molar-refractivity contribution >= 4 is 28.9 Å². The third-order valence-electron chi connectivity index (χ3n) is 5.17. The van der Waals surface area contributed by atoms with Gasteiger partial charge < -0.3 is 20.2 Å². The van der Waals surface area contributed by atoms with Crippen molar-refractivity contribution in [2.45, 2.75) is 37.6 Å². The number of hydrogen-bond acceptors (Lipinski definition) is 5. The lowest BCUT2D eigenvalue weighted by Gasteiger charge is -2.16. The van der Waals surface area contributed by atoms with Gasteiger partial charge in [0.05, 0.1) is 11.3 Å². The second-order valence-electron chi connectivity index (χ2n) is 7.45. The number of nitrogens with one attached hydrogen (secondary N) is 2. The highest BCUT2D eigenvalue weighted by Gasteiger charge is 2.36. The average Bonchev–Trinajstić information content (AvgIpc) is 3.47. The quantitative estimate of drug-likeness (QED) is 0.716. The van der Waals surface area contributed by atoms with E-state index in [1.54, 1.807) is 0 Å². The number of benzene rings is 2. The minimum Gasteiger partial charge on any atom is -0.387 e. The first-order valence-electron chi connectivity index (χ1n) is 10.0. The van der Waals surface area contributed by atoms with Gasteiger partial charge in [0.2, 0.25) is 0 Å². The van der Waals surface area contributed by atoms with E-state index in [1.165, 1.54) is 6.07 Å². The minimum absolute atomic E-state index is 0.0114. The van der Waals surface area contributed by atoms with Crippen LogP contribution in [0.15, 0.2) is 53.7 Å². The molecule has 2 amide bonds. The van der Waals surface area contributed by atoms with Crippen molar-refractivity contribution < 1.29 is 32.3 Å². The number of carbonyl (C=O) groups excluding carboxylic acids is 2. The Balaban J connectivity index is 1.46. The Morgan fingerprint density at radius 3 is 2.53 bits per heavy atom. The molecule has 0 spiro atoms. The van der Waals surface area contributed by atoms with Crippen LogP contribution in [0.2, 0.25) is 0 Å². The molecule has 2 aromatic carbocycles. The fourth-order valence-corrected chi connectivity index (χ4v) is 3.53. The van der Waals surface area contributed by atoms with Gasteiger partial charge in [-0.3, -0.25) is 9.59 Å². The summed E-state index contributed by atoms with van der Waals surface area (Å²) in [5.41, 5.74) is -0.774. The number of anilines is 2. The first-order chi connectivity index (χ1) is 15.3. The molecule has 1 saturated heterocycles. The summed E-state index contributed by atoms with van der Waals surface area (Å²) in [7, 11) is 0. The lowest BCUT2D eigenvalue weighted by Crippen LogP contribution is -2.27. The van der Waals surface area contributed by atoms with E-state index in [9.17, 15) is 22.8 Å². The van der Waals surface area contributed by atoms with Crippen molar-refractivity contribution in [2.24, 2.45) is 5.16 Å². The van der Waals surface area contributed by atoms with Crippen molar-refractivity contribution in [3.8, 4) is 0 Å². The van der Waals surface area contributed by atoms with Crippen LogP contribution in [0.1, 0.15) is 36.5 Å². The number of halogens is 3. The summed E-state index contributed by atoms with van der Waals surface area (Å²) in [6.45, 7) is 0.440. The maximum Gasteiger partial charge on any atom is 0.418 e. The smallest absolute Gasteiger partial charge is 0.387 e. The van der Waals surface area contributed by atoms with Gasteiger partial charge in [-0.05, 0) is 36.6 Å². The molecule has 168 valence electrons. The average molecular weight is 447 g/mol. The summed E-state index contributed by atoms with van der Waals surface area (Å²) in [6.07, 6.45) is -4.55. The number of hydrogen-bond donors (Lipinski definition) is 2. The SMILES string of the molecule is O=C(Nc1ccc(NC(=O)C2CCCO2)cc1C(F)(F)F)C1=NOC(c2ccccc2)C1. The standard InChI is InChI=1S/C22H20F3N3O4/c23-22(24,25)15-11-14(26-21(30)18-7-4-10-31-18)8-9-16(15)27-20(29)17-12-19(32-28-17)13-5-2-1-3-6-13/h1-3,5-6,8-9,11,18-19H,4,7,10,12H2,(H,26,30)(H,27,29). The van der Waals surface area contributed by atoms with Crippen molar-refractivity contribution in [2.75, 3.05) is 17.2 Å². The van der Waals surface area contributed by atoms with Crippen LogP contribution in [0.3, 0.4) is 0 Å². The third kappa shape index (κ3) is 4.91. The Morgan fingerprint density at radius 2 is 1.84 bits per heavy atom. The Morgan fingerprint density at radius 1 is 1.06 bits per heavy atom. The van der Waals surface area contributed by atoms with Gasteiger partial charge >= 0.3 is 6.18 Å². The fraction of sp³-hybridized carbons (Fsp3) is 0.318. The Labute approximate surface area is 181 Å². The molecule has 2 aliphatic heterocycles. The molecule has 4 rings (SSSR count). The molecule has 7 nitrogen and oxygen atoms in total. The number of oxime groups is 1. The summed E-state index contributed by atoms with van der Waals surface area (Å²) in [4.78, 5) is 29.9. The van der Waals surface area contributed by atoms with Crippen LogP contribution in [-0.4, -0.2) is 30.2 Å². The molecule has 0 bridgehead atoms. The summed E-state index contributed by atoms with van der Waals surface area (Å²) in [6, 6.07) is 12.2. The molecule has 2 unspecified atom stereocenters. The summed E-state index contributed by atoms with van der Waals surface area (Å²) in [5, 5.41) is 8.43. The molecule has 0 aromatic heterocycles. The van der Waals surface area contributed by atoms with Crippen molar-refractivity contribution in [1.82, 2.24) is 0 Å². The summed E-state index contributed by atoms with van der Waals surface area (Å²) >= 11 is 0. The van der Waals surface area contributed by atoms with E-state index < -0.39 is 41.4 Å². The van der Waals surface area contributed by atoms with E-state index in [-0.39, 0.29) is 17.8 Å². The van der Waals surface area contributed by atoms with Crippen LogP contribution >= 0.6 is 0 Å². The normalized spacial score (nSPS) is 20.4. The highest BCUT2D eigenvalue weighted by atomic mass is 19.4. The predicted octanol–water partition coefficient (Wildman–Crippen LogP) is 4.28. The first kappa shape index (κ1) is 21.8. The molecule has 2 N–H and O–H groups in total. The van der Waals surface area contributed by atoms with Crippen LogP contribution in [0.4, 0.5) is 24.5 Å². The number of carbonyl (C=O) groups is 2. The molecule has 2 aliphatic rings. The van der Waals surface area contributed by atoms with Gasteiger partial charge in [-0.15, -0.1) is 0 Å². The van der Waals surface area contributed by atoms with E-state index >= 15 is 0 Å². The maximum absolute atomic E-state index is 13.6. The lowest BCUT2D eigenvalue weighted by molar-refractivity contribution is -0.137. The van der Waals surface area contributed by atoms with E-state index in [2.05, 4.69) is 15.8 Å². The molecule has 1 fully saturated rings. The highest BCUT2D eigenvalue weighted by molar-refractivity contribution is 6.43. The van der Waals surface area contributed by atoms with E-state index in [4.69, 9.17) is 9.57 Å². The molecule has 0 aliphatic carbocycles. The number of rotatable bonds is 5. The number of nitrogens with zero attached hydrogens (tertiary/aromatic N) is 1. The van der Waals surface area contributed by atoms with Gasteiger partial charge in [-0.2, -0.15) is 13.2 Å². The van der Waals surface area contributed by atoms with Gasteiger partial charge in [-0.25, -0.2) is 0 Å². The van der Waals surface area contributed by atoms with Gasteiger partial charge in [-0.1, -0.05) is 35.5 Å². The van der Waals surface area contributed by atoms with Crippen molar-refractivity contribution in [3.05, 3.63) is 59.7 Å². The molecule has 10 heteroatoms. The Bertz CT molecular complexity index is 1030. The van der Waals surface area contributed by atoms with Crippen LogP contribution in [0, 0.1) is 0 Å². The van der Waals surface area contributed by atoms with Crippen LogP contribution < -0.4 is 10.6 Å². The summed E-state index contributed by atoms with van der Waals surface area (Å²) < 4.78 is 46.1. The Kier molecular flexibility index (Phi) is 6.13. The van der Waals surface area contributed by atoms with Crippen LogP contribution in [0.25, 0.3) is 0 Å². The minimum atomic E-state index is -4.76. The molecule has 0 saturated carbocycles. The molecule has 0 radical (unpaired) electrons. The van der Waals surface area contributed by atoms with Gasteiger partial charge in [0.25, 0.3) is 11.8 Å². The van der Waals surface area contributed by atoms with E-state index in [1.807, 2.05) is 30.3 Å². The van der Waals surface area contributed by atoms with Gasteiger partial charge in [0, 0.05) is 18.7 Å². The Hall–Kier alpha value is -3.40. The maximum atomic E-state index is 13.6. The number of amides is 2. The van der Waals surface area contributed by atoms with E-state index in [0.717, 1.165) is 24.1 Å². The third-order valence-corrected chi connectivity index (χ3v) is 5.17. The predicted molar refractivity (Wildman–Crippen MR) is 110 cm³/mol. The zero-order valence-corrected chi connectivity index (χ0v) is 16.8. The molecule has 32 heavy (non-hydrogen) atoms. The zero-order valence-electron chi connectivity index (χ0n) is 16.8. The monoisotopic (exact) mass is 447 g/mol. The largest absolute Gasteiger partial charge is 0.418 e. The molecular weight excluding hydrogens is 427 g/mol. The fourth-order valence-electron chi connectivity index (χ4n) is 3.53. The highest BCUT2D eigenvalue weighted by Crippen LogP contribution is 2.37. The van der Waals surface area contributed by atoms with Gasteiger partial charge in [0.15, 0.2) is 6.10 Å². The van der Waals surface area contributed by atoms with Crippen molar-refractivity contribution in [1.29, 1.82) is 0 Å². The topological polar surface area (TPSA) is 89.0 Å². The van der Waals surface area contributed by atoms with Crippen LogP contribution in [0.5, 0.6) is 0 Å². The van der Waals surface area contributed by atoms with Crippen LogP contribution in [-0.2, 0) is 25.3 Å². The van der Waals surface area contributed by atoms with Gasteiger partial charge in [0.1, 0.15) is 11.8 Å². The van der Waals surface area contributed by atoms with Crippen molar-refractivity contribution in [3.63, 3.8) is 0 Å². The number of ether oxygens (including phenoxy) is 1. The summed E-state index contributed by atoms with van der Waals surface area (Å²) in [5.74, 6) is -1.29. The second kappa shape index (κ2) is 8.99. The lowest BCUT2D eigenvalue weighted by atomic mass is 10.0. The second-order valence-corrected chi connectivity index (χ2v) is 7.45. The zero-order chi connectivity index (χ0) is 22.7. The molecule has 2 atom stereocenters.